The Balaban J connectivity index is 2.01. The summed E-state index contributed by atoms with van der Waals surface area (Å²) in [5.74, 6) is 1.16. The summed E-state index contributed by atoms with van der Waals surface area (Å²) in [6.07, 6.45) is 5.68. The highest BCUT2D eigenvalue weighted by Gasteiger charge is 2.16. The number of fused-ring (bicyclic) bond motifs is 1. The van der Waals surface area contributed by atoms with Crippen LogP contribution in [-0.4, -0.2) is 15.6 Å². The van der Waals surface area contributed by atoms with Crippen molar-refractivity contribution >= 4 is 11.8 Å². The fraction of sp³-hybridized carbons (Fsp3) is 0.231. The van der Waals surface area contributed by atoms with Crippen LogP contribution in [0.5, 0.6) is 0 Å². The molecule has 0 amide bonds. The number of benzene rings is 1. The highest BCUT2D eigenvalue weighted by Crippen LogP contribution is 2.26. The second kappa shape index (κ2) is 4.00. The maximum atomic E-state index is 10.1. The van der Waals surface area contributed by atoms with Crippen LogP contribution in [0.2, 0.25) is 0 Å². The van der Waals surface area contributed by atoms with Gasteiger partial charge in [0.1, 0.15) is 5.82 Å². The molecular formula is C13H11N3O. The Bertz CT molecular complexity index is 592. The van der Waals surface area contributed by atoms with Crippen LogP contribution in [0, 0.1) is 0 Å². The van der Waals surface area contributed by atoms with E-state index in [2.05, 4.69) is 14.5 Å². The van der Waals surface area contributed by atoms with Gasteiger partial charge in [-0.25, -0.2) is 9.78 Å². The summed E-state index contributed by atoms with van der Waals surface area (Å²) >= 11 is 0. The Morgan fingerprint density at radius 2 is 2.12 bits per heavy atom. The lowest BCUT2D eigenvalue weighted by molar-refractivity contribution is 0.565. The van der Waals surface area contributed by atoms with Gasteiger partial charge in [-0.1, -0.05) is 12.1 Å². The summed E-state index contributed by atoms with van der Waals surface area (Å²) in [7, 11) is 0. The van der Waals surface area contributed by atoms with Crippen LogP contribution < -0.4 is 0 Å². The molecule has 0 N–H and O–H groups in total. The number of aliphatic imine (C=N–C) groups is 1. The number of rotatable bonds is 2. The molecule has 1 aliphatic heterocycles. The molecule has 4 heteroatoms. The molecule has 0 atom stereocenters. The van der Waals surface area contributed by atoms with Gasteiger partial charge in [-0.15, -0.1) is 0 Å². The van der Waals surface area contributed by atoms with E-state index in [1.165, 1.54) is 12.5 Å². The first-order valence-electron chi connectivity index (χ1n) is 5.61. The van der Waals surface area contributed by atoms with E-state index in [4.69, 9.17) is 0 Å². The summed E-state index contributed by atoms with van der Waals surface area (Å²) in [5.41, 5.74) is 2.87. The van der Waals surface area contributed by atoms with Crippen LogP contribution in [0.1, 0.15) is 12.2 Å². The SMILES string of the molecule is O=C=Nc1ccc(-c2cnc3n2CCC3)cc1. The predicted molar refractivity (Wildman–Crippen MR) is 63.8 cm³/mol. The molecule has 0 saturated heterocycles. The van der Waals surface area contributed by atoms with Gasteiger partial charge in [-0.3, -0.25) is 0 Å². The molecule has 0 saturated carbocycles. The van der Waals surface area contributed by atoms with Gasteiger partial charge < -0.3 is 4.57 Å². The van der Waals surface area contributed by atoms with E-state index in [1.54, 1.807) is 0 Å². The van der Waals surface area contributed by atoms with Gasteiger partial charge in [0.25, 0.3) is 0 Å². The number of carbonyl (C=O) groups excluding carboxylic acids is 1. The molecule has 1 aromatic heterocycles. The van der Waals surface area contributed by atoms with Gasteiger partial charge >= 0.3 is 0 Å². The monoisotopic (exact) mass is 225 g/mol. The maximum Gasteiger partial charge on any atom is 0.240 e. The number of aryl methyl sites for hydroxylation is 1. The van der Waals surface area contributed by atoms with E-state index < -0.39 is 0 Å². The van der Waals surface area contributed by atoms with E-state index >= 15 is 0 Å². The fourth-order valence-electron chi connectivity index (χ4n) is 2.25. The number of hydrogen-bond acceptors (Lipinski definition) is 3. The molecule has 17 heavy (non-hydrogen) atoms. The number of hydrogen-bond donors (Lipinski definition) is 0. The molecule has 1 aromatic carbocycles. The zero-order valence-electron chi connectivity index (χ0n) is 9.26. The van der Waals surface area contributed by atoms with E-state index in [1.807, 2.05) is 30.5 Å². The van der Waals surface area contributed by atoms with Crippen LogP contribution >= 0.6 is 0 Å². The number of imidazole rings is 1. The zero-order valence-corrected chi connectivity index (χ0v) is 9.26. The lowest BCUT2D eigenvalue weighted by atomic mass is 10.1. The van der Waals surface area contributed by atoms with E-state index in [-0.39, 0.29) is 0 Å². The lowest BCUT2D eigenvalue weighted by Crippen LogP contribution is -1.94. The van der Waals surface area contributed by atoms with E-state index in [0.717, 1.165) is 30.0 Å². The van der Waals surface area contributed by atoms with Crippen molar-refractivity contribution in [3.63, 3.8) is 0 Å². The van der Waals surface area contributed by atoms with Gasteiger partial charge in [-0.05, 0) is 24.1 Å². The first-order chi connectivity index (χ1) is 8.38. The largest absolute Gasteiger partial charge is 0.328 e. The Hall–Kier alpha value is -2.19. The van der Waals surface area contributed by atoms with E-state index in [0.29, 0.717) is 5.69 Å². The number of nitrogens with zero attached hydrogens (tertiary/aromatic N) is 3. The quantitative estimate of drug-likeness (QED) is 0.582. The van der Waals surface area contributed by atoms with Crippen molar-refractivity contribution in [1.29, 1.82) is 0 Å². The molecule has 0 aliphatic carbocycles. The molecule has 0 bridgehead atoms. The van der Waals surface area contributed by atoms with Crippen LogP contribution in [0.4, 0.5) is 5.69 Å². The minimum Gasteiger partial charge on any atom is -0.328 e. The number of isocyanates is 1. The number of aromatic nitrogens is 2. The highest BCUT2D eigenvalue weighted by molar-refractivity contribution is 5.63. The van der Waals surface area contributed by atoms with Crippen molar-refractivity contribution in [2.75, 3.05) is 0 Å². The maximum absolute atomic E-state index is 10.1. The van der Waals surface area contributed by atoms with Crippen LogP contribution in [0.25, 0.3) is 11.3 Å². The lowest BCUT2D eigenvalue weighted by Gasteiger charge is -2.04. The van der Waals surface area contributed by atoms with Gasteiger partial charge in [0, 0.05) is 13.0 Å². The highest BCUT2D eigenvalue weighted by atomic mass is 16.1. The Morgan fingerprint density at radius 1 is 1.29 bits per heavy atom. The molecule has 0 radical (unpaired) electrons. The summed E-state index contributed by atoms with van der Waals surface area (Å²) < 4.78 is 2.25. The predicted octanol–water partition coefficient (Wildman–Crippen LogP) is 2.46. The second-order valence-electron chi connectivity index (χ2n) is 4.06. The second-order valence-corrected chi connectivity index (χ2v) is 4.06. The van der Waals surface area contributed by atoms with Crippen LogP contribution in [-0.2, 0) is 17.8 Å². The molecule has 2 heterocycles. The molecule has 0 unspecified atom stereocenters. The van der Waals surface area contributed by atoms with E-state index in [9.17, 15) is 4.79 Å². The summed E-state index contributed by atoms with van der Waals surface area (Å²) in [6, 6.07) is 7.54. The first-order valence-corrected chi connectivity index (χ1v) is 5.61. The molecule has 4 nitrogen and oxygen atoms in total. The first kappa shape index (κ1) is 10.00. The standard InChI is InChI=1S/C13H11N3O/c17-9-15-11-5-3-10(4-6-11)12-8-14-13-2-1-7-16(12)13/h3-6,8H,1-2,7H2. The molecule has 2 aromatic rings. The minimum atomic E-state index is 0.630. The third-order valence-electron chi connectivity index (χ3n) is 3.06. The minimum absolute atomic E-state index is 0.630. The van der Waals surface area contributed by atoms with Crippen molar-refractivity contribution in [2.45, 2.75) is 19.4 Å². The molecule has 1 aliphatic rings. The van der Waals surface area contributed by atoms with Crippen molar-refractivity contribution in [1.82, 2.24) is 9.55 Å². The van der Waals surface area contributed by atoms with Crippen molar-refractivity contribution in [2.24, 2.45) is 4.99 Å². The van der Waals surface area contributed by atoms with Crippen LogP contribution in [0.3, 0.4) is 0 Å². The Kier molecular flexibility index (Phi) is 2.35. The molecule has 0 spiro atoms. The third kappa shape index (κ3) is 1.69. The molecule has 84 valence electrons. The van der Waals surface area contributed by atoms with Crippen LogP contribution in [0.15, 0.2) is 35.5 Å². The smallest absolute Gasteiger partial charge is 0.240 e. The average molecular weight is 225 g/mol. The van der Waals surface area contributed by atoms with Crippen molar-refractivity contribution < 1.29 is 4.79 Å². The molecule has 0 fully saturated rings. The topological polar surface area (TPSA) is 47.2 Å². The normalized spacial score (nSPS) is 13.2. The summed E-state index contributed by atoms with van der Waals surface area (Å²) in [6.45, 7) is 1.04. The molecule has 3 rings (SSSR count). The molecular weight excluding hydrogens is 214 g/mol. The fourth-order valence-corrected chi connectivity index (χ4v) is 2.25. The Morgan fingerprint density at radius 3 is 2.88 bits per heavy atom. The van der Waals surface area contributed by atoms with Gasteiger partial charge in [0.15, 0.2) is 0 Å². The van der Waals surface area contributed by atoms with Gasteiger partial charge in [0.05, 0.1) is 17.6 Å². The average Bonchev–Trinajstić information content (AvgIpc) is 2.93. The Labute approximate surface area is 98.6 Å². The zero-order chi connectivity index (χ0) is 11.7. The third-order valence-corrected chi connectivity index (χ3v) is 3.06. The van der Waals surface area contributed by atoms with Crippen molar-refractivity contribution in [3.8, 4) is 11.3 Å². The summed E-state index contributed by atoms with van der Waals surface area (Å²) in [5, 5.41) is 0. The summed E-state index contributed by atoms with van der Waals surface area (Å²) in [4.78, 5) is 18.1. The van der Waals surface area contributed by atoms with Gasteiger partial charge in [-0.2, -0.15) is 4.99 Å². The van der Waals surface area contributed by atoms with Gasteiger partial charge in [0.2, 0.25) is 6.08 Å². The van der Waals surface area contributed by atoms with Crippen molar-refractivity contribution in [3.05, 3.63) is 36.3 Å².